The van der Waals surface area contributed by atoms with Crippen molar-refractivity contribution >= 4 is 56.6 Å². The maximum Gasteiger partial charge on any atom is 0.0580 e. The second-order valence-electron chi connectivity index (χ2n) is 2.68. The van der Waals surface area contributed by atoms with E-state index in [9.17, 15) is 0 Å². The minimum Gasteiger partial charge on any atom is -0.133 e. The Morgan fingerprint density at radius 3 is 2.92 bits per heavy atom. The average Bonchev–Trinajstić information content (AvgIpc) is 2.39. The number of hydrogen-bond donors (Lipinski definition) is 1. The van der Waals surface area contributed by atoms with Crippen LogP contribution >= 0.6 is 46.6 Å². The standard InChI is InChI=1S/C9H7IS2/c1-5-7(10)3-2-6-4-8(11)12-9(5)6/h2-4,11H,1H3. The van der Waals surface area contributed by atoms with Crippen LogP contribution in [0.2, 0.25) is 0 Å². The highest BCUT2D eigenvalue weighted by atomic mass is 127. The molecule has 1 heterocycles. The van der Waals surface area contributed by atoms with Crippen LogP contribution < -0.4 is 0 Å². The van der Waals surface area contributed by atoms with E-state index < -0.39 is 0 Å². The molecule has 1 aromatic heterocycles. The number of aryl methyl sites for hydroxylation is 1. The molecule has 0 amide bonds. The average molecular weight is 306 g/mol. The normalized spacial score (nSPS) is 10.9. The van der Waals surface area contributed by atoms with Crippen molar-refractivity contribution in [1.29, 1.82) is 0 Å². The molecule has 1 aromatic carbocycles. The summed E-state index contributed by atoms with van der Waals surface area (Å²) >= 11 is 8.46. The van der Waals surface area contributed by atoms with Gasteiger partial charge in [-0.3, -0.25) is 0 Å². The molecule has 0 aliphatic carbocycles. The molecule has 0 unspecified atom stereocenters. The minimum atomic E-state index is 1.09. The summed E-state index contributed by atoms with van der Waals surface area (Å²) in [5.41, 5.74) is 1.37. The van der Waals surface area contributed by atoms with Gasteiger partial charge in [-0.25, -0.2) is 0 Å². The summed E-state index contributed by atoms with van der Waals surface area (Å²) in [7, 11) is 0. The van der Waals surface area contributed by atoms with Gasteiger partial charge in [0.2, 0.25) is 0 Å². The molecule has 0 saturated heterocycles. The maximum atomic E-state index is 4.34. The van der Waals surface area contributed by atoms with Gasteiger partial charge in [-0.05, 0) is 52.6 Å². The van der Waals surface area contributed by atoms with Crippen molar-refractivity contribution in [3.05, 3.63) is 27.3 Å². The molecule has 0 radical (unpaired) electrons. The van der Waals surface area contributed by atoms with Gasteiger partial charge in [0.15, 0.2) is 0 Å². The molecule has 0 nitrogen and oxygen atoms in total. The van der Waals surface area contributed by atoms with Crippen LogP contribution in [0.5, 0.6) is 0 Å². The monoisotopic (exact) mass is 306 g/mol. The van der Waals surface area contributed by atoms with Gasteiger partial charge in [0, 0.05) is 8.27 Å². The van der Waals surface area contributed by atoms with Crippen LogP contribution in [0.4, 0.5) is 0 Å². The van der Waals surface area contributed by atoms with Gasteiger partial charge in [0.05, 0.1) is 4.21 Å². The third-order valence-electron chi connectivity index (χ3n) is 1.86. The predicted molar refractivity (Wildman–Crippen MR) is 66.5 cm³/mol. The molecule has 0 bridgehead atoms. The zero-order valence-electron chi connectivity index (χ0n) is 6.47. The molecule has 0 atom stereocenters. The van der Waals surface area contributed by atoms with Gasteiger partial charge < -0.3 is 0 Å². The summed E-state index contributed by atoms with van der Waals surface area (Å²) in [5.74, 6) is 0. The number of thiophene rings is 1. The molecule has 62 valence electrons. The second kappa shape index (κ2) is 3.20. The highest BCUT2D eigenvalue weighted by Gasteiger charge is 2.03. The zero-order chi connectivity index (χ0) is 8.72. The Kier molecular flexibility index (Phi) is 2.35. The fourth-order valence-corrected chi connectivity index (χ4v) is 3.15. The van der Waals surface area contributed by atoms with Crippen molar-refractivity contribution in [2.75, 3.05) is 0 Å². The van der Waals surface area contributed by atoms with Crippen molar-refractivity contribution in [3.63, 3.8) is 0 Å². The predicted octanol–water partition coefficient (Wildman–Crippen LogP) is 4.10. The smallest absolute Gasteiger partial charge is 0.0580 e. The Morgan fingerprint density at radius 1 is 1.42 bits per heavy atom. The van der Waals surface area contributed by atoms with Gasteiger partial charge >= 0.3 is 0 Å². The van der Waals surface area contributed by atoms with Crippen molar-refractivity contribution in [1.82, 2.24) is 0 Å². The Hall–Kier alpha value is 0.260. The third-order valence-corrected chi connectivity index (χ3v) is 4.50. The molecular formula is C9H7IS2. The molecule has 12 heavy (non-hydrogen) atoms. The van der Waals surface area contributed by atoms with Crippen LogP contribution in [0.15, 0.2) is 22.4 Å². The Bertz CT molecular complexity index is 431. The van der Waals surface area contributed by atoms with E-state index in [2.05, 4.69) is 60.3 Å². The molecular weight excluding hydrogens is 299 g/mol. The number of hydrogen-bond acceptors (Lipinski definition) is 2. The van der Waals surface area contributed by atoms with E-state index in [1.165, 1.54) is 19.2 Å². The van der Waals surface area contributed by atoms with Crippen LogP contribution in [0.1, 0.15) is 5.56 Å². The van der Waals surface area contributed by atoms with E-state index >= 15 is 0 Å². The minimum absolute atomic E-state index is 1.09. The van der Waals surface area contributed by atoms with E-state index in [1.807, 2.05) is 0 Å². The Labute approximate surface area is 94.5 Å². The van der Waals surface area contributed by atoms with Crippen LogP contribution in [-0.4, -0.2) is 0 Å². The summed E-state index contributed by atoms with van der Waals surface area (Å²) in [5, 5.41) is 1.31. The molecule has 0 saturated carbocycles. The molecule has 3 heteroatoms. The molecule has 0 N–H and O–H groups in total. The van der Waals surface area contributed by atoms with Crippen LogP contribution in [0.25, 0.3) is 10.1 Å². The lowest BCUT2D eigenvalue weighted by Gasteiger charge is -1.97. The van der Waals surface area contributed by atoms with Gasteiger partial charge in [-0.1, -0.05) is 6.07 Å². The second-order valence-corrected chi connectivity index (χ2v) is 5.67. The lowest BCUT2D eigenvalue weighted by atomic mass is 10.2. The van der Waals surface area contributed by atoms with E-state index in [4.69, 9.17) is 0 Å². The number of halogens is 1. The molecule has 0 spiro atoms. The van der Waals surface area contributed by atoms with Crippen molar-refractivity contribution in [2.24, 2.45) is 0 Å². The van der Waals surface area contributed by atoms with E-state index in [1.54, 1.807) is 11.3 Å². The molecule has 0 fully saturated rings. The summed E-state index contributed by atoms with van der Waals surface area (Å²) < 4.78 is 3.79. The fraction of sp³-hybridized carbons (Fsp3) is 0.111. The molecule has 2 aromatic rings. The Morgan fingerprint density at radius 2 is 2.17 bits per heavy atom. The first-order chi connectivity index (χ1) is 5.68. The first kappa shape index (κ1) is 8.84. The van der Waals surface area contributed by atoms with Crippen LogP contribution in [0.3, 0.4) is 0 Å². The fourth-order valence-electron chi connectivity index (χ4n) is 1.20. The van der Waals surface area contributed by atoms with Crippen LogP contribution in [-0.2, 0) is 0 Å². The summed E-state index contributed by atoms with van der Waals surface area (Å²) in [4.78, 5) is 0. The van der Waals surface area contributed by atoms with Crippen molar-refractivity contribution in [3.8, 4) is 0 Å². The lowest BCUT2D eigenvalue weighted by molar-refractivity contribution is 1.51. The van der Waals surface area contributed by atoms with E-state index in [0.717, 1.165) is 4.21 Å². The van der Waals surface area contributed by atoms with E-state index in [-0.39, 0.29) is 0 Å². The van der Waals surface area contributed by atoms with Crippen molar-refractivity contribution < 1.29 is 0 Å². The molecule has 0 aliphatic rings. The Balaban J connectivity index is 2.89. The largest absolute Gasteiger partial charge is 0.133 e. The van der Waals surface area contributed by atoms with Gasteiger partial charge in [0.1, 0.15) is 0 Å². The topological polar surface area (TPSA) is 0 Å². The number of fused-ring (bicyclic) bond motifs is 1. The number of rotatable bonds is 0. The zero-order valence-corrected chi connectivity index (χ0v) is 10.3. The highest BCUT2D eigenvalue weighted by Crippen LogP contribution is 2.32. The number of benzene rings is 1. The number of thiol groups is 1. The lowest BCUT2D eigenvalue weighted by Crippen LogP contribution is -1.77. The highest BCUT2D eigenvalue weighted by molar-refractivity contribution is 14.1. The SMILES string of the molecule is Cc1c(I)ccc2cc(S)sc12. The molecule has 0 aliphatic heterocycles. The quantitative estimate of drug-likeness (QED) is 0.550. The van der Waals surface area contributed by atoms with Gasteiger partial charge in [-0.2, -0.15) is 0 Å². The maximum absolute atomic E-state index is 4.34. The van der Waals surface area contributed by atoms with E-state index in [0.29, 0.717) is 0 Å². The van der Waals surface area contributed by atoms with Crippen LogP contribution in [0, 0.1) is 10.5 Å². The summed E-state index contributed by atoms with van der Waals surface area (Å²) in [6.07, 6.45) is 0. The van der Waals surface area contributed by atoms with Crippen molar-refractivity contribution in [2.45, 2.75) is 11.1 Å². The summed E-state index contributed by atoms with van der Waals surface area (Å²) in [6, 6.07) is 6.42. The van der Waals surface area contributed by atoms with Gasteiger partial charge in [-0.15, -0.1) is 24.0 Å². The van der Waals surface area contributed by atoms with Gasteiger partial charge in [0.25, 0.3) is 0 Å². The first-order valence-corrected chi connectivity index (χ1v) is 5.90. The third kappa shape index (κ3) is 1.38. The summed E-state index contributed by atoms with van der Waals surface area (Å²) in [6.45, 7) is 2.16. The molecule has 2 rings (SSSR count). The first-order valence-electron chi connectivity index (χ1n) is 3.56.